The van der Waals surface area contributed by atoms with Gasteiger partial charge in [-0.25, -0.2) is 9.59 Å². The molecular weight excluding hydrogens is 222 g/mol. The zero-order valence-electron chi connectivity index (χ0n) is 9.30. The smallest absolute Gasteiger partial charge is 0.335 e. The molecule has 5 heteroatoms. The van der Waals surface area contributed by atoms with Gasteiger partial charge >= 0.3 is 11.9 Å². The predicted octanol–water partition coefficient (Wildman–Crippen LogP) is 1.32. The molecular formula is C12H13NO4. The van der Waals surface area contributed by atoms with E-state index in [-0.39, 0.29) is 11.1 Å². The summed E-state index contributed by atoms with van der Waals surface area (Å²) in [7, 11) is 1.78. The van der Waals surface area contributed by atoms with E-state index in [0.717, 1.165) is 6.07 Å². The lowest BCUT2D eigenvalue weighted by Gasteiger charge is -2.01. The molecule has 0 saturated carbocycles. The first-order valence-corrected chi connectivity index (χ1v) is 4.97. The van der Waals surface area contributed by atoms with Gasteiger partial charge in [0.15, 0.2) is 0 Å². The van der Waals surface area contributed by atoms with Gasteiger partial charge in [0.25, 0.3) is 0 Å². The molecule has 0 aliphatic carbocycles. The van der Waals surface area contributed by atoms with Crippen molar-refractivity contribution < 1.29 is 19.8 Å². The molecule has 5 nitrogen and oxygen atoms in total. The Bertz CT molecular complexity index is 433. The number of benzene rings is 1. The molecule has 1 rings (SSSR count). The number of likely N-dealkylation sites (N-methyl/N-ethyl adjacent to an activating group) is 1. The Balaban J connectivity index is 3.12. The number of hydrogen-bond donors (Lipinski definition) is 3. The van der Waals surface area contributed by atoms with Gasteiger partial charge in [-0.1, -0.05) is 12.2 Å². The summed E-state index contributed by atoms with van der Waals surface area (Å²) in [6.45, 7) is 0.625. The van der Waals surface area contributed by atoms with Gasteiger partial charge in [-0.2, -0.15) is 0 Å². The first-order valence-electron chi connectivity index (χ1n) is 4.97. The largest absolute Gasteiger partial charge is 0.478 e. The molecule has 0 spiro atoms. The molecule has 17 heavy (non-hydrogen) atoms. The third kappa shape index (κ3) is 3.73. The fourth-order valence-electron chi connectivity index (χ4n) is 1.31. The van der Waals surface area contributed by atoms with E-state index in [9.17, 15) is 9.59 Å². The predicted molar refractivity (Wildman–Crippen MR) is 63.3 cm³/mol. The average Bonchev–Trinajstić information content (AvgIpc) is 2.29. The van der Waals surface area contributed by atoms with Gasteiger partial charge in [0.2, 0.25) is 0 Å². The van der Waals surface area contributed by atoms with E-state index in [1.165, 1.54) is 12.1 Å². The molecule has 0 bridgehead atoms. The number of aromatic carboxylic acids is 2. The highest BCUT2D eigenvalue weighted by molar-refractivity contribution is 5.94. The number of rotatable bonds is 5. The maximum Gasteiger partial charge on any atom is 0.335 e. The molecule has 0 atom stereocenters. The van der Waals surface area contributed by atoms with Crippen LogP contribution >= 0.6 is 0 Å². The molecule has 0 saturated heterocycles. The van der Waals surface area contributed by atoms with Crippen LogP contribution in [0.2, 0.25) is 0 Å². The second-order valence-electron chi connectivity index (χ2n) is 3.41. The lowest BCUT2D eigenvalue weighted by Crippen LogP contribution is -2.04. The maximum atomic E-state index is 10.8. The van der Waals surface area contributed by atoms with Crippen molar-refractivity contribution in [1.82, 2.24) is 5.32 Å². The van der Waals surface area contributed by atoms with Crippen LogP contribution in [0.1, 0.15) is 26.3 Å². The highest BCUT2D eigenvalue weighted by Gasteiger charge is 2.10. The zero-order chi connectivity index (χ0) is 12.8. The van der Waals surface area contributed by atoms with Gasteiger partial charge in [0.05, 0.1) is 11.1 Å². The topological polar surface area (TPSA) is 86.6 Å². The van der Waals surface area contributed by atoms with Gasteiger partial charge in [0.1, 0.15) is 0 Å². The molecule has 0 aliphatic rings. The molecule has 0 unspecified atom stereocenters. The molecule has 0 aromatic heterocycles. The quantitative estimate of drug-likeness (QED) is 0.716. The monoisotopic (exact) mass is 235 g/mol. The van der Waals surface area contributed by atoms with Crippen LogP contribution in [0.15, 0.2) is 24.3 Å². The van der Waals surface area contributed by atoms with Gasteiger partial charge < -0.3 is 15.5 Å². The van der Waals surface area contributed by atoms with Crippen LogP contribution in [0.4, 0.5) is 0 Å². The van der Waals surface area contributed by atoms with Crippen molar-refractivity contribution in [3.63, 3.8) is 0 Å². The minimum atomic E-state index is -1.14. The number of carboxylic acid groups (broad SMARTS) is 2. The summed E-state index contributed by atoms with van der Waals surface area (Å²) in [4.78, 5) is 21.7. The summed E-state index contributed by atoms with van der Waals surface area (Å²) in [6.07, 6.45) is 3.46. The second kappa shape index (κ2) is 5.81. The minimum Gasteiger partial charge on any atom is -0.478 e. The second-order valence-corrected chi connectivity index (χ2v) is 3.41. The lowest BCUT2D eigenvalue weighted by molar-refractivity contribution is 0.0696. The molecule has 0 heterocycles. The highest BCUT2D eigenvalue weighted by Crippen LogP contribution is 2.12. The Kier molecular flexibility index (Phi) is 4.42. The maximum absolute atomic E-state index is 10.8. The van der Waals surface area contributed by atoms with Gasteiger partial charge in [-0.15, -0.1) is 0 Å². The number of carboxylic acids is 2. The highest BCUT2D eigenvalue weighted by atomic mass is 16.4. The Morgan fingerprint density at radius 2 is 1.71 bits per heavy atom. The molecule has 0 fully saturated rings. The summed E-state index contributed by atoms with van der Waals surface area (Å²) in [5, 5.41) is 20.6. The van der Waals surface area contributed by atoms with E-state index in [4.69, 9.17) is 10.2 Å². The summed E-state index contributed by atoms with van der Waals surface area (Å²) >= 11 is 0. The minimum absolute atomic E-state index is 0.0333. The molecule has 90 valence electrons. The number of carbonyl (C=O) groups is 2. The van der Waals surface area contributed by atoms with Crippen LogP contribution in [-0.2, 0) is 0 Å². The van der Waals surface area contributed by atoms with E-state index >= 15 is 0 Å². The molecule has 0 amide bonds. The van der Waals surface area contributed by atoms with Crippen LogP contribution in [-0.4, -0.2) is 35.7 Å². The van der Waals surface area contributed by atoms with E-state index < -0.39 is 11.9 Å². The third-order valence-electron chi connectivity index (χ3n) is 2.08. The normalized spacial score (nSPS) is 10.6. The van der Waals surface area contributed by atoms with E-state index in [0.29, 0.717) is 12.1 Å². The SMILES string of the molecule is CNCC=Cc1cc(C(=O)O)cc(C(=O)O)c1. The van der Waals surface area contributed by atoms with Gasteiger partial charge in [-0.3, -0.25) is 0 Å². The van der Waals surface area contributed by atoms with Crippen LogP contribution < -0.4 is 5.32 Å². The Morgan fingerprint density at radius 1 is 1.18 bits per heavy atom. The number of hydrogen-bond acceptors (Lipinski definition) is 3. The fraction of sp³-hybridized carbons (Fsp3) is 0.167. The first-order chi connectivity index (χ1) is 8.04. The van der Waals surface area contributed by atoms with Gasteiger partial charge in [0, 0.05) is 6.54 Å². The van der Waals surface area contributed by atoms with Crippen LogP contribution in [0.5, 0.6) is 0 Å². The average molecular weight is 235 g/mol. The lowest BCUT2D eigenvalue weighted by atomic mass is 10.1. The van der Waals surface area contributed by atoms with E-state index in [1.807, 2.05) is 0 Å². The summed E-state index contributed by atoms with van der Waals surface area (Å²) < 4.78 is 0. The Labute approximate surface area is 98.4 Å². The zero-order valence-corrected chi connectivity index (χ0v) is 9.30. The third-order valence-corrected chi connectivity index (χ3v) is 2.08. The van der Waals surface area contributed by atoms with Crippen molar-refractivity contribution in [2.75, 3.05) is 13.6 Å². The van der Waals surface area contributed by atoms with Crippen molar-refractivity contribution >= 4 is 18.0 Å². The van der Waals surface area contributed by atoms with Crippen molar-refractivity contribution in [1.29, 1.82) is 0 Å². The Hall–Kier alpha value is -2.14. The molecule has 3 N–H and O–H groups in total. The van der Waals surface area contributed by atoms with Crippen molar-refractivity contribution in [3.05, 3.63) is 41.0 Å². The van der Waals surface area contributed by atoms with E-state index in [1.54, 1.807) is 19.2 Å². The summed E-state index contributed by atoms with van der Waals surface area (Å²) in [6, 6.07) is 4.00. The van der Waals surface area contributed by atoms with E-state index in [2.05, 4.69) is 5.32 Å². The van der Waals surface area contributed by atoms with Crippen LogP contribution in [0.3, 0.4) is 0 Å². The molecule has 0 radical (unpaired) electrons. The summed E-state index contributed by atoms with van der Waals surface area (Å²) in [5.74, 6) is -2.28. The van der Waals surface area contributed by atoms with Crippen LogP contribution in [0.25, 0.3) is 6.08 Å². The molecule has 1 aromatic carbocycles. The molecule has 0 aliphatic heterocycles. The van der Waals surface area contributed by atoms with Crippen molar-refractivity contribution in [2.24, 2.45) is 0 Å². The summed E-state index contributed by atoms with van der Waals surface area (Å²) in [5.41, 5.74) is 0.487. The fourth-order valence-corrected chi connectivity index (χ4v) is 1.31. The van der Waals surface area contributed by atoms with Crippen molar-refractivity contribution in [2.45, 2.75) is 0 Å². The first kappa shape index (κ1) is 12.9. The molecule has 1 aromatic rings. The van der Waals surface area contributed by atoms with Gasteiger partial charge in [-0.05, 0) is 30.8 Å². The standard InChI is InChI=1S/C12H13NO4/c1-13-4-2-3-8-5-9(11(14)15)7-10(6-8)12(16)17/h2-3,5-7,13H,4H2,1H3,(H,14,15)(H,16,17). The van der Waals surface area contributed by atoms with Crippen LogP contribution in [0, 0.1) is 0 Å². The number of nitrogens with one attached hydrogen (secondary N) is 1. The van der Waals surface area contributed by atoms with Crippen molar-refractivity contribution in [3.8, 4) is 0 Å². The Morgan fingerprint density at radius 3 is 2.12 bits per heavy atom.